The Morgan fingerprint density at radius 3 is 0.789 bits per heavy atom. The van der Waals surface area contributed by atoms with Crippen LogP contribution in [0.2, 0.25) is 0 Å². The van der Waals surface area contributed by atoms with E-state index in [4.69, 9.17) is 0 Å². The molecule has 76 heavy (non-hydrogen) atoms. The van der Waals surface area contributed by atoms with Gasteiger partial charge in [0.2, 0.25) is 0 Å². The molecule has 10 heteroatoms. The first kappa shape index (κ1) is 48.3. The molecule has 0 fully saturated rings. The third kappa shape index (κ3) is 8.06. The van der Waals surface area contributed by atoms with E-state index in [9.17, 15) is 0 Å². The molecule has 1 nitrogen and oxygen atoms in total. The molecule has 0 aromatic heterocycles. The van der Waals surface area contributed by atoms with E-state index in [1.54, 1.807) is 72.8 Å². The summed E-state index contributed by atoms with van der Waals surface area (Å²) in [5.74, 6) is 0. The van der Waals surface area contributed by atoms with Gasteiger partial charge < -0.3 is 4.90 Å². The summed E-state index contributed by atoms with van der Waals surface area (Å²) in [5, 5.41) is 8.20. The van der Waals surface area contributed by atoms with Crippen molar-refractivity contribution in [1.82, 2.24) is 0 Å². The summed E-state index contributed by atoms with van der Waals surface area (Å²) in [6.45, 7) is 4.58. The van der Waals surface area contributed by atoms with Crippen molar-refractivity contribution in [2.24, 2.45) is 0 Å². The number of halogens is 9. The Balaban J connectivity index is 1.17. The maximum absolute atomic E-state index is 16.1. The molecule has 0 aliphatic carbocycles. The van der Waals surface area contributed by atoms with E-state index in [-0.39, 0.29) is 67.1 Å². The summed E-state index contributed by atoms with van der Waals surface area (Å²) >= 11 is 0. The molecule has 0 bridgehead atoms. The highest BCUT2D eigenvalue weighted by molar-refractivity contribution is 6.17. The van der Waals surface area contributed by atoms with Crippen LogP contribution in [0.25, 0.3) is 98.0 Å². The summed E-state index contributed by atoms with van der Waals surface area (Å²) in [6, 6.07) is 54.9. The van der Waals surface area contributed by atoms with Crippen molar-refractivity contribution in [2.75, 3.05) is 4.90 Å². The highest BCUT2D eigenvalue weighted by Gasteiger charge is 2.40. The first-order chi connectivity index (χ1) is 36.3. The van der Waals surface area contributed by atoms with Crippen molar-refractivity contribution in [3.63, 3.8) is 0 Å². The van der Waals surface area contributed by atoms with Gasteiger partial charge in [0.15, 0.2) is 0 Å². The molecule has 0 saturated heterocycles. The Labute approximate surface area is 430 Å². The number of nitrogens with zero attached hydrogens (tertiary/aromatic N) is 1. The average Bonchev–Trinajstić information content (AvgIpc) is 3.49. The minimum absolute atomic E-state index is 0.162. The number of hydrogen-bond acceptors (Lipinski definition) is 1. The van der Waals surface area contributed by atoms with E-state index in [1.807, 2.05) is 91.0 Å². The predicted molar refractivity (Wildman–Crippen MR) is 292 cm³/mol. The topological polar surface area (TPSA) is 3.24 Å². The molecule has 0 spiro atoms. The van der Waals surface area contributed by atoms with Gasteiger partial charge in [-0.15, -0.1) is 0 Å². The van der Waals surface area contributed by atoms with Gasteiger partial charge in [-0.1, -0.05) is 164 Å². The fourth-order valence-corrected chi connectivity index (χ4v) is 11.4. The normalized spacial score (nSPS) is 12.5. The van der Waals surface area contributed by atoms with Crippen molar-refractivity contribution >= 4 is 81.7 Å². The molecular formula is C66H42F9N. The zero-order valence-electron chi connectivity index (χ0n) is 40.9. The molecule has 0 unspecified atom stereocenters. The molecule has 12 rings (SSSR count). The van der Waals surface area contributed by atoms with Gasteiger partial charge in [0.1, 0.15) is 0 Å². The summed E-state index contributed by atoms with van der Waals surface area (Å²) in [7, 11) is 0. The standard InChI is InChI=1S/C66H42F9N/c1-37-31-52(49-22-10-16-43-28-25-40-13-4-7-19-46(40)61(43)49)55(64(67,68)69)34-58(37)76(59-35-56(65(70,71)72)53(32-38(59)2)50-23-11-17-44-29-26-41-14-5-8-20-47(41)62(44)50)60-36-57(66(73,74)75)54(33-39(60)3)51-24-12-18-45-30-27-42-15-6-9-21-48(42)63(45)51/h4-36H,1-3H3. The average molecular weight is 1020 g/mol. The Kier molecular flexibility index (Phi) is 11.3. The molecule has 374 valence electrons. The van der Waals surface area contributed by atoms with E-state index in [2.05, 4.69) is 0 Å². The van der Waals surface area contributed by atoms with Crippen LogP contribution in [-0.2, 0) is 18.5 Å². The van der Waals surface area contributed by atoms with Gasteiger partial charge in [-0.25, -0.2) is 0 Å². The number of hydrogen-bond donors (Lipinski definition) is 0. The van der Waals surface area contributed by atoms with Crippen LogP contribution < -0.4 is 4.90 Å². The van der Waals surface area contributed by atoms with Crippen LogP contribution in [0.1, 0.15) is 33.4 Å². The Bertz CT molecular complexity index is 3910. The SMILES string of the molecule is Cc1cc(-c2cccc3ccc4ccccc4c23)c(C(F)(F)F)cc1N(c1cc(C(F)(F)F)c(-c2cccc3ccc4ccccc4c23)cc1C)c1cc(C(F)(F)F)c(-c2cccc3ccc4ccccc4c23)cc1C. The summed E-state index contributed by atoms with van der Waals surface area (Å²) in [5.41, 5.74) is -3.51. The van der Waals surface area contributed by atoms with Crippen molar-refractivity contribution in [3.8, 4) is 33.4 Å². The summed E-state index contributed by atoms with van der Waals surface area (Å²) in [4.78, 5) is 1.15. The first-order valence-corrected chi connectivity index (χ1v) is 24.5. The maximum atomic E-state index is 16.1. The lowest BCUT2D eigenvalue weighted by atomic mass is 9.88. The molecule has 0 atom stereocenters. The minimum atomic E-state index is -5.06. The van der Waals surface area contributed by atoms with Gasteiger partial charge in [-0.2, -0.15) is 39.5 Å². The van der Waals surface area contributed by atoms with Gasteiger partial charge in [-0.3, -0.25) is 0 Å². The zero-order valence-corrected chi connectivity index (χ0v) is 40.9. The number of anilines is 3. The fraction of sp³-hybridized carbons (Fsp3) is 0.0909. The number of benzene rings is 12. The summed E-state index contributed by atoms with van der Waals surface area (Å²) < 4.78 is 145. The lowest BCUT2D eigenvalue weighted by molar-refractivity contribution is -0.137. The lowest BCUT2D eigenvalue weighted by Gasteiger charge is -2.33. The molecule has 12 aromatic carbocycles. The lowest BCUT2D eigenvalue weighted by Crippen LogP contribution is -2.19. The van der Waals surface area contributed by atoms with Crippen LogP contribution in [0.3, 0.4) is 0 Å². The van der Waals surface area contributed by atoms with E-state index in [0.717, 1.165) is 39.3 Å². The molecule has 12 aromatic rings. The van der Waals surface area contributed by atoms with Crippen LogP contribution in [-0.4, -0.2) is 0 Å². The van der Waals surface area contributed by atoms with Gasteiger partial charge in [0, 0.05) is 17.1 Å². The molecule has 0 amide bonds. The number of rotatable bonds is 6. The second-order valence-corrected chi connectivity index (χ2v) is 19.5. The van der Waals surface area contributed by atoms with Crippen molar-refractivity contribution in [2.45, 2.75) is 39.3 Å². The van der Waals surface area contributed by atoms with E-state index >= 15 is 39.5 Å². The monoisotopic (exact) mass is 1020 g/mol. The second kappa shape index (κ2) is 17.8. The van der Waals surface area contributed by atoms with E-state index in [0.29, 0.717) is 48.5 Å². The Morgan fingerprint density at radius 1 is 0.263 bits per heavy atom. The van der Waals surface area contributed by atoms with Crippen molar-refractivity contribution < 1.29 is 39.5 Å². The molecular weight excluding hydrogens is 978 g/mol. The van der Waals surface area contributed by atoms with Crippen LogP contribution in [0.15, 0.2) is 200 Å². The third-order valence-electron chi connectivity index (χ3n) is 14.8. The third-order valence-corrected chi connectivity index (χ3v) is 14.8. The van der Waals surface area contributed by atoms with Crippen LogP contribution in [0.4, 0.5) is 56.6 Å². The zero-order chi connectivity index (χ0) is 53.0. The van der Waals surface area contributed by atoms with Crippen LogP contribution in [0, 0.1) is 20.8 Å². The molecule has 0 radical (unpaired) electrons. The smallest absolute Gasteiger partial charge is 0.310 e. The minimum Gasteiger partial charge on any atom is -0.310 e. The van der Waals surface area contributed by atoms with Crippen molar-refractivity contribution in [3.05, 3.63) is 234 Å². The highest BCUT2D eigenvalue weighted by atomic mass is 19.4. The quantitative estimate of drug-likeness (QED) is 0.119. The van der Waals surface area contributed by atoms with E-state index in [1.165, 1.54) is 39.0 Å². The Morgan fingerprint density at radius 2 is 0.513 bits per heavy atom. The predicted octanol–water partition coefficient (Wildman–Crippen LogP) is 21.1. The Hall–Kier alpha value is -8.63. The number of aryl methyl sites for hydroxylation is 3. The van der Waals surface area contributed by atoms with Gasteiger partial charge in [-0.05, 0) is 172 Å². The van der Waals surface area contributed by atoms with Gasteiger partial charge >= 0.3 is 18.5 Å². The largest absolute Gasteiger partial charge is 0.417 e. The van der Waals surface area contributed by atoms with Crippen LogP contribution >= 0.6 is 0 Å². The first-order valence-electron chi connectivity index (χ1n) is 24.5. The molecule has 0 aliphatic rings. The molecule has 0 N–H and O–H groups in total. The number of alkyl halides is 9. The van der Waals surface area contributed by atoms with E-state index < -0.39 is 35.2 Å². The number of fused-ring (bicyclic) bond motifs is 9. The highest BCUT2D eigenvalue weighted by Crippen LogP contribution is 2.53. The second-order valence-electron chi connectivity index (χ2n) is 19.5. The molecule has 0 heterocycles. The molecule has 0 aliphatic heterocycles. The maximum Gasteiger partial charge on any atom is 0.417 e. The van der Waals surface area contributed by atoms with Gasteiger partial charge in [0.05, 0.1) is 16.7 Å². The fourth-order valence-electron chi connectivity index (χ4n) is 11.4. The van der Waals surface area contributed by atoms with Crippen molar-refractivity contribution in [1.29, 1.82) is 0 Å². The van der Waals surface area contributed by atoms with Gasteiger partial charge in [0.25, 0.3) is 0 Å². The van der Waals surface area contributed by atoms with Crippen LogP contribution in [0.5, 0.6) is 0 Å². The summed E-state index contributed by atoms with van der Waals surface area (Å²) in [6.07, 6.45) is -15.2. The molecule has 0 saturated carbocycles.